The van der Waals surface area contributed by atoms with Gasteiger partial charge in [-0.25, -0.2) is 4.79 Å². The lowest BCUT2D eigenvalue weighted by Gasteiger charge is -2.17. The molecule has 82 valence electrons. The smallest absolute Gasteiger partial charge is 0.335 e. The van der Waals surface area contributed by atoms with Crippen molar-refractivity contribution in [3.05, 3.63) is 29.3 Å². The van der Waals surface area contributed by atoms with E-state index in [9.17, 15) is 4.79 Å². The molecule has 0 aromatic heterocycles. The molecular weight excluding hydrogens is 190 g/mol. The van der Waals surface area contributed by atoms with Gasteiger partial charge in [-0.15, -0.1) is 0 Å². The molecule has 0 amide bonds. The van der Waals surface area contributed by atoms with Gasteiger partial charge in [-0.2, -0.15) is 0 Å². The van der Waals surface area contributed by atoms with Crippen molar-refractivity contribution in [1.29, 1.82) is 0 Å². The Labute approximate surface area is 90.3 Å². The Balaban J connectivity index is 3.27. The zero-order chi connectivity index (χ0) is 11.6. The van der Waals surface area contributed by atoms with E-state index in [-0.39, 0.29) is 5.92 Å². The Kier molecular flexibility index (Phi) is 3.35. The SMILES string of the molecule is CC(C)c1cc(N(C)C)ccc1C(=O)O. The third-order valence-electron chi connectivity index (χ3n) is 2.40. The molecule has 0 bridgehead atoms. The van der Waals surface area contributed by atoms with Crippen LogP contribution in [0.15, 0.2) is 18.2 Å². The van der Waals surface area contributed by atoms with Crippen LogP contribution in [-0.2, 0) is 0 Å². The number of hydrogen-bond donors (Lipinski definition) is 1. The van der Waals surface area contributed by atoms with Gasteiger partial charge < -0.3 is 10.0 Å². The van der Waals surface area contributed by atoms with Crippen LogP contribution in [0.4, 0.5) is 5.69 Å². The van der Waals surface area contributed by atoms with Gasteiger partial charge in [-0.1, -0.05) is 13.8 Å². The number of carboxylic acid groups (broad SMARTS) is 1. The first-order chi connectivity index (χ1) is 6.93. The number of aromatic carboxylic acids is 1. The first-order valence-electron chi connectivity index (χ1n) is 4.98. The molecule has 3 nitrogen and oxygen atoms in total. The lowest BCUT2D eigenvalue weighted by atomic mass is 9.96. The zero-order valence-corrected chi connectivity index (χ0v) is 9.61. The molecule has 0 fully saturated rings. The van der Waals surface area contributed by atoms with E-state index in [1.54, 1.807) is 6.07 Å². The van der Waals surface area contributed by atoms with E-state index < -0.39 is 5.97 Å². The van der Waals surface area contributed by atoms with Crippen molar-refractivity contribution >= 4 is 11.7 Å². The average Bonchev–Trinajstić information content (AvgIpc) is 2.16. The summed E-state index contributed by atoms with van der Waals surface area (Å²) in [6.45, 7) is 4.00. The Morgan fingerprint density at radius 3 is 2.33 bits per heavy atom. The number of anilines is 1. The van der Waals surface area contributed by atoms with E-state index in [4.69, 9.17) is 5.11 Å². The molecule has 0 radical (unpaired) electrons. The van der Waals surface area contributed by atoms with Crippen LogP contribution in [-0.4, -0.2) is 25.2 Å². The molecule has 0 aliphatic rings. The Bertz CT molecular complexity index is 370. The van der Waals surface area contributed by atoms with Gasteiger partial charge in [-0.05, 0) is 29.7 Å². The number of nitrogens with zero attached hydrogens (tertiary/aromatic N) is 1. The monoisotopic (exact) mass is 207 g/mol. The van der Waals surface area contributed by atoms with E-state index in [1.807, 2.05) is 45.0 Å². The predicted molar refractivity (Wildman–Crippen MR) is 61.8 cm³/mol. The topological polar surface area (TPSA) is 40.5 Å². The molecule has 15 heavy (non-hydrogen) atoms. The van der Waals surface area contributed by atoms with E-state index >= 15 is 0 Å². The van der Waals surface area contributed by atoms with Crippen LogP contribution in [0.5, 0.6) is 0 Å². The normalized spacial score (nSPS) is 10.5. The molecule has 0 unspecified atom stereocenters. The number of hydrogen-bond acceptors (Lipinski definition) is 2. The maximum absolute atomic E-state index is 11.0. The molecule has 3 heteroatoms. The number of carboxylic acids is 1. The van der Waals surface area contributed by atoms with Gasteiger partial charge in [0.25, 0.3) is 0 Å². The fourth-order valence-corrected chi connectivity index (χ4v) is 1.50. The molecule has 1 aromatic rings. The van der Waals surface area contributed by atoms with Crippen molar-refractivity contribution < 1.29 is 9.90 Å². The van der Waals surface area contributed by atoms with Crippen molar-refractivity contribution in [2.24, 2.45) is 0 Å². The molecule has 0 saturated carbocycles. The third-order valence-corrected chi connectivity index (χ3v) is 2.40. The Morgan fingerprint density at radius 2 is 1.93 bits per heavy atom. The number of carbonyl (C=O) groups is 1. The first-order valence-corrected chi connectivity index (χ1v) is 4.98. The summed E-state index contributed by atoms with van der Waals surface area (Å²) >= 11 is 0. The fourth-order valence-electron chi connectivity index (χ4n) is 1.50. The lowest BCUT2D eigenvalue weighted by Crippen LogP contribution is -2.11. The molecule has 0 saturated heterocycles. The molecule has 1 N–H and O–H groups in total. The van der Waals surface area contributed by atoms with Crippen LogP contribution >= 0.6 is 0 Å². The summed E-state index contributed by atoms with van der Waals surface area (Å²) in [4.78, 5) is 13.0. The highest BCUT2D eigenvalue weighted by molar-refractivity contribution is 5.90. The second kappa shape index (κ2) is 4.34. The summed E-state index contributed by atoms with van der Waals surface area (Å²) in [5, 5.41) is 9.03. The third kappa shape index (κ3) is 2.49. The summed E-state index contributed by atoms with van der Waals surface area (Å²) in [5.74, 6) is -0.639. The summed E-state index contributed by atoms with van der Waals surface area (Å²) in [5.41, 5.74) is 2.31. The molecule has 1 aromatic carbocycles. The van der Waals surface area contributed by atoms with Crippen LogP contribution in [0.2, 0.25) is 0 Å². The van der Waals surface area contributed by atoms with Gasteiger partial charge in [0.2, 0.25) is 0 Å². The largest absolute Gasteiger partial charge is 0.478 e. The van der Waals surface area contributed by atoms with Gasteiger partial charge >= 0.3 is 5.97 Å². The van der Waals surface area contributed by atoms with E-state index in [1.165, 1.54) is 0 Å². The van der Waals surface area contributed by atoms with Crippen LogP contribution in [0.1, 0.15) is 35.7 Å². The predicted octanol–water partition coefficient (Wildman–Crippen LogP) is 2.57. The van der Waals surface area contributed by atoms with Crippen LogP contribution in [0, 0.1) is 0 Å². The van der Waals surface area contributed by atoms with Gasteiger partial charge in [0.1, 0.15) is 0 Å². The quantitative estimate of drug-likeness (QED) is 0.828. The number of rotatable bonds is 3. The second-order valence-electron chi connectivity index (χ2n) is 4.13. The van der Waals surface area contributed by atoms with Crippen molar-refractivity contribution in [3.8, 4) is 0 Å². The minimum Gasteiger partial charge on any atom is -0.478 e. The van der Waals surface area contributed by atoms with Crippen LogP contribution in [0.25, 0.3) is 0 Å². The van der Waals surface area contributed by atoms with Gasteiger partial charge in [0.15, 0.2) is 0 Å². The van der Waals surface area contributed by atoms with Crippen molar-refractivity contribution in [2.75, 3.05) is 19.0 Å². The van der Waals surface area contributed by atoms with Crippen molar-refractivity contribution in [1.82, 2.24) is 0 Å². The summed E-state index contributed by atoms with van der Waals surface area (Å²) in [6.07, 6.45) is 0. The molecule has 0 spiro atoms. The maximum atomic E-state index is 11.0. The van der Waals surface area contributed by atoms with Gasteiger partial charge in [0, 0.05) is 19.8 Å². The van der Waals surface area contributed by atoms with Crippen molar-refractivity contribution in [2.45, 2.75) is 19.8 Å². The maximum Gasteiger partial charge on any atom is 0.335 e. The molecule has 0 heterocycles. The second-order valence-corrected chi connectivity index (χ2v) is 4.13. The standard InChI is InChI=1S/C12H17NO2/c1-8(2)11-7-9(13(3)4)5-6-10(11)12(14)15/h5-8H,1-4H3,(H,14,15). The van der Waals surface area contributed by atoms with Crippen LogP contribution < -0.4 is 4.90 Å². The molecule has 0 aliphatic heterocycles. The van der Waals surface area contributed by atoms with E-state index in [2.05, 4.69) is 0 Å². The van der Waals surface area contributed by atoms with Crippen molar-refractivity contribution in [3.63, 3.8) is 0 Å². The molecule has 0 atom stereocenters. The lowest BCUT2D eigenvalue weighted by molar-refractivity contribution is 0.0695. The average molecular weight is 207 g/mol. The zero-order valence-electron chi connectivity index (χ0n) is 9.61. The van der Waals surface area contributed by atoms with Gasteiger partial charge in [0.05, 0.1) is 5.56 Å². The minimum atomic E-state index is -0.857. The highest BCUT2D eigenvalue weighted by Crippen LogP contribution is 2.24. The highest BCUT2D eigenvalue weighted by atomic mass is 16.4. The summed E-state index contributed by atoms with van der Waals surface area (Å²) in [7, 11) is 3.89. The number of benzene rings is 1. The van der Waals surface area contributed by atoms with Crippen LogP contribution in [0.3, 0.4) is 0 Å². The van der Waals surface area contributed by atoms with E-state index in [0.717, 1.165) is 11.3 Å². The Morgan fingerprint density at radius 1 is 1.33 bits per heavy atom. The first kappa shape index (κ1) is 11.6. The van der Waals surface area contributed by atoms with Gasteiger partial charge in [-0.3, -0.25) is 0 Å². The molecule has 0 aliphatic carbocycles. The molecule has 1 rings (SSSR count). The fraction of sp³-hybridized carbons (Fsp3) is 0.417. The summed E-state index contributed by atoms with van der Waals surface area (Å²) < 4.78 is 0. The van der Waals surface area contributed by atoms with E-state index in [0.29, 0.717) is 5.56 Å². The minimum absolute atomic E-state index is 0.219. The molecular formula is C12H17NO2. The Hall–Kier alpha value is -1.51. The summed E-state index contributed by atoms with van der Waals surface area (Å²) in [6, 6.07) is 5.44. The highest BCUT2D eigenvalue weighted by Gasteiger charge is 2.13.